The van der Waals surface area contributed by atoms with Gasteiger partial charge in [-0.2, -0.15) is 0 Å². The fourth-order valence-electron chi connectivity index (χ4n) is 3.72. The predicted molar refractivity (Wildman–Crippen MR) is 152 cm³/mol. The van der Waals surface area contributed by atoms with Gasteiger partial charge in [0, 0.05) is 30.6 Å². The molecule has 2 atom stereocenters. The van der Waals surface area contributed by atoms with E-state index in [1.807, 2.05) is 13.8 Å². The lowest BCUT2D eigenvalue weighted by atomic mass is 10.1. The first-order valence-electron chi connectivity index (χ1n) is 12.0. The molecule has 0 saturated carbocycles. The van der Waals surface area contributed by atoms with Crippen molar-refractivity contribution in [1.29, 1.82) is 0 Å². The molecule has 1 N–H and O–H groups in total. The van der Waals surface area contributed by atoms with Crippen molar-refractivity contribution in [2.75, 3.05) is 17.1 Å². The van der Waals surface area contributed by atoms with E-state index in [2.05, 4.69) is 5.32 Å². The maximum Gasteiger partial charge on any atom is 0.242 e. The van der Waals surface area contributed by atoms with Gasteiger partial charge in [-0.25, -0.2) is 8.42 Å². The van der Waals surface area contributed by atoms with E-state index in [9.17, 15) is 18.0 Å². The molecular weight excluding hydrogens is 557 g/mol. The number of sulfonamides is 1. The lowest BCUT2D eigenvalue weighted by Crippen LogP contribution is -2.49. The first kappa shape index (κ1) is 31.2. The number of halogens is 3. The fraction of sp³-hybridized carbons (Fsp3) is 0.462. The van der Waals surface area contributed by atoms with Crippen LogP contribution in [0.25, 0.3) is 0 Å². The Labute approximate surface area is 235 Å². The Morgan fingerprint density at radius 3 is 2.30 bits per heavy atom. The molecule has 7 nitrogen and oxygen atoms in total. The largest absolute Gasteiger partial charge is 0.352 e. The van der Waals surface area contributed by atoms with Gasteiger partial charge >= 0.3 is 0 Å². The number of nitrogens with zero attached hydrogens (tertiary/aromatic N) is 2. The summed E-state index contributed by atoms with van der Waals surface area (Å²) in [6, 6.07) is 9.30. The molecule has 2 amide bonds. The lowest BCUT2D eigenvalue weighted by molar-refractivity contribution is -0.140. The molecule has 0 unspecified atom stereocenters. The van der Waals surface area contributed by atoms with E-state index in [1.54, 1.807) is 50.2 Å². The van der Waals surface area contributed by atoms with Gasteiger partial charge in [0.25, 0.3) is 0 Å². The van der Waals surface area contributed by atoms with Crippen LogP contribution in [0.15, 0.2) is 36.4 Å². The average Bonchev–Trinajstić information content (AvgIpc) is 2.82. The van der Waals surface area contributed by atoms with Crippen molar-refractivity contribution in [2.45, 2.75) is 65.6 Å². The van der Waals surface area contributed by atoms with Crippen molar-refractivity contribution in [3.05, 3.63) is 62.6 Å². The monoisotopic (exact) mass is 589 g/mol. The number of rotatable bonds is 12. The van der Waals surface area contributed by atoms with Gasteiger partial charge in [0.15, 0.2) is 0 Å². The number of carbonyl (C=O) groups is 2. The van der Waals surface area contributed by atoms with Crippen LogP contribution in [0.4, 0.5) is 5.69 Å². The molecule has 2 aromatic carbocycles. The standard InChI is InChI=1S/C26H34Cl3N3O4S/c1-6-18(3)30-26(34)19(4)31(16-20-10-12-22(28)23(29)14-20)25(33)8-7-13-32(37(5,35)36)24-15-21(27)11-9-17(24)2/h9-12,14-15,18-19H,6-8,13,16H2,1-5H3,(H,30,34)/t18-,19+/m0/s1. The second-order valence-electron chi connectivity index (χ2n) is 9.13. The quantitative estimate of drug-likeness (QED) is 0.337. The van der Waals surface area contributed by atoms with Gasteiger partial charge in [-0.3, -0.25) is 13.9 Å². The van der Waals surface area contributed by atoms with Gasteiger partial charge in [0.1, 0.15) is 6.04 Å². The van der Waals surface area contributed by atoms with Gasteiger partial charge in [-0.15, -0.1) is 0 Å². The molecule has 0 radical (unpaired) electrons. The third-order valence-corrected chi connectivity index (χ3v) is 8.25. The molecule has 0 spiro atoms. The minimum Gasteiger partial charge on any atom is -0.352 e. The van der Waals surface area contributed by atoms with E-state index in [-0.39, 0.29) is 43.8 Å². The molecule has 0 aliphatic carbocycles. The highest BCUT2D eigenvalue weighted by molar-refractivity contribution is 7.92. The van der Waals surface area contributed by atoms with E-state index in [4.69, 9.17) is 34.8 Å². The Balaban J connectivity index is 2.24. The third-order valence-electron chi connectivity index (χ3n) is 6.10. The highest BCUT2D eigenvalue weighted by atomic mass is 35.5. The Hall–Kier alpha value is -2.00. The number of carbonyl (C=O) groups excluding carboxylic acids is 2. The smallest absolute Gasteiger partial charge is 0.242 e. The Bertz CT molecular complexity index is 1220. The zero-order chi connectivity index (χ0) is 27.9. The minimum absolute atomic E-state index is 0.0356. The summed E-state index contributed by atoms with van der Waals surface area (Å²) in [6.45, 7) is 7.56. The molecule has 37 heavy (non-hydrogen) atoms. The molecule has 0 aliphatic rings. The van der Waals surface area contributed by atoms with E-state index in [0.717, 1.165) is 23.8 Å². The number of hydrogen-bond acceptors (Lipinski definition) is 4. The maximum atomic E-state index is 13.4. The predicted octanol–water partition coefficient (Wildman–Crippen LogP) is 5.83. The second kappa shape index (κ2) is 13.7. The summed E-state index contributed by atoms with van der Waals surface area (Å²) in [4.78, 5) is 27.8. The van der Waals surface area contributed by atoms with Crippen molar-refractivity contribution in [1.82, 2.24) is 10.2 Å². The molecule has 0 bridgehead atoms. The van der Waals surface area contributed by atoms with Crippen LogP contribution in [-0.2, 0) is 26.2 Å². The van der Waals surface area contributed by atoms with Gasteiger partial charge in [-0.1, -0.05) is 53.9 Å². The zero-order valence-electron chi connectivity index (χ0n) is 21.7. The summed E-state index contributed by atoms with van der Waals surface area (Å²) in [5.74, 6) is -0.552. The highest BCUT2D eigenvalue weighted by Crippen LogP contribution is 2.27. The summed E-state index contributed by atoms with van der Waals surface area (Å²) < 4.78 is 26.3. The molecule has 11 heteroatoms. The van der Waals surface area contributed by atoms with Crippen LogP contribution in [0.5, 0.6) is 0 Å². The van der Waals surface area contributed by atoms with Crippen LogP contribution in [0.3, 0.4) is 0 Å². The zero-order valence-corrected chi connectivity index (χ0v) is 24.8. The average molecular weight is 591 g/mol. The second-order valence-corrected chi connectivity index (χ2v) is 12.3. The number of benzene rings is 2. The molecular formula is C26H34Cl3N3O4S. The van der Waals surface area contributed by atoms with Gasteiger partial charge in [-0.05, 0) is 69.0 Å². The Kier molecular flexibility index (Phi) is 11.6. The fourth-order valence-corrected chi connectivity index (χ4v) is 5.22. The summed E-state index contributed by atoms with van der Waals surface area (Å²) in [7, 11) is -3.62. The molecule has 0 aromatic heterocycles. The van der Waals surface area contributed by atoms with Gasteiger partial charge < -0.3 is 10.2 Å². The van der Waals surface area contributed by atoms with Crippen molar-refractivity contribution in [3.8, 4) is 0 Å². The van der Waals surface area contributed by atoms with Gasteiger partial charge in [0.2, 0.25) is 21.8 Å². The summed E-state index contributed by atoms with van der Waals surface area (Å²) in [5.41, 5.74) is 1.94. The van der Waals surface area contributed by atoms with Crippen LogP contribution < -0.4 is 9.62 Å². The molecule has 2 rings (SSSR count). The number of aryl methyl sites for hydroxylation is 1. The summed E-state index contributed by atoms with van der Waals surface area (Å²) in [6.07, 6.45) is 2.15. The van der Waals surface area contributed by atoms with Crippen molar-refractivity contribution < 1.29 is 18.0 Å². The number of nitrogens with one attached hydrogen (secondary N) is 1. The molecule has 204 valence electrons. The SMILES string of the molecule is CC[C@H](C)NC(=O)[C@@H](C)N(Cc1ccc(Cl)c(Cl)c1)C(=O)CCCN(c1cc(Cl)ccc1C)S(C)(=O)=O. The Morgan fingerprint density at radius 2 is 1.70 bits per heavy atom. The molecule has 0 saturated heterocycles. The van der Waals surface area contributed by atoms with Crippen LogP contribution in [0.2, 0.25) is 15.1 Å². The van der Waals surface area contributed by atoms with Crippen molar-refractivity contribution in [3.63, 3.8) is 0 Å². The number of hydrogen-bond donors (Lipinski definition) is 1. The minimum atomic E-state index is -3.62. The highest BCUT2D eigenvalue weighted by Gasteiger charge is 2.27. The summed E-state index contributed by atoms with van der Waals surface area (Å²) in [5, 5.41) is 4.08. The van der Waals surface area contributed by atoms with Crippen molar-refractivity contribution >= 4 is 62.3 Å². The maximum absolute atomic E-state index is 13.4. The van der Waals surface area contributed by atoms with E-state index >= 15 is 0 Å². The van der Waals surface area contributed by atoms with Crippen LogP contribution in [-0.4, -0.2) is 50.0 Å². The van der Waals surface area contributed by atoms with Crippen LogP contribution >= 0.6 is 34.8 Å². The first-order chi connectivity index (χ1) is 17.2. The Morgan fingerprint density at radius 1 is 1.03 bits per heavy atom. The summed E-state index contributed by atoms with van der Waals surface area (Å²) >= 11 is 18.3. The van der Waals surface area contributed by atoms with Gasteiger partial charge in [0.05, 0.1) is 22.0 Å². The van der Waals surface area contributed by atoms with Crippen molar-refractivity contribution in [2.24, 2.45) is 0 Å². The molecule has 0 fully saturated rings. The normalized spacial score (nSPS) is 13.1. The van der Waals surface area contributed by atoms with E-state index < -0.39 is 16.1 Å². The van der Waals surface area contributed by atoms with E-state index in [1.165, 1.54) is 9.21 Å². The number of anilines is 1. The first-order valence-corrected chi connectivity index (χ1v) is 15.0. The van der Waals surface area contributed by atoms with Crippen LogP contribution in [0.1, 0.15) is 51.2 Å². The molecule has 0 aliphatic heterocycles. The molecule has 0 heterocycles. The molecule has 2 aromatic rings. The van der Waals surface area contributed by atoms with E-state index in [0.29, 0.717) is 20.8 Å². The lowest BCUT2D eigenvalue weighted by Gasteiger charge is -2.30. The topological polar surface area (TPSA) is 86.8 Å². The third kappa shape index (κ3) is 9.06. The van der Waals surface area contributed by atoms with Crippen LogP contribution in [0, 0.1) is 6.92 Å². The number of amides is 2.